The van der Waals surface area contributed by atoms with Crippen LogP contribution in [0.1, 0.15) is 32.2 Å². The summed E-state index contributed by atoms with van der Waals surface area (Å²) in [7, 11) is -2.63. The topological polar surface area (TPSA) is 25.8 Å². The van der Waals surface area contributed by atoms with Crippen molar-refractivity contribution in [3.8, 4) is 22.5 Å². The molecular weight excluding hydrogens is 765 g/mol. The van der Waals surface area contributed by atoms with Crippen molar-refractivity contribution in [1.82, 2.24) is 9.97 Å². The molecule has 6 heteroatoms. The zero-order valence-corrected chi connectivity index (χ0v) is 32.4. The molecule has 0 unspecified atom stereocenters. The number of aromatic nitrogens is 2. The van der Waals surface area contributed by atoms with Gasteiger partial charge in [0.2, 0.25) is 0 Å². The molecule has 1 radical (unpaired) electrons. The van der Waals surface area contributed by atoms with Crippen molar-refractivity contribution in [2.45, 2.75) is 65.9 Å². The van der Waals surface area contributed by atoms with E-state index in [0.717, 1.165) is 28.1 Å². The minimum Gasteiger partial charge on any atom is -0.305 e. The molecule has 0 aliphatic carbocycles. The summed E-state index contributed by atoms with van der Waals surface area (Å²) in [5, 5.41) is 5.54. The van der Waals surface area contributed by atoms with Crippen molar-refractivity contribution < 1.29 is 21.5 Å². The van der Waals surface area contributed by atoms with Crippen LogP contribution in [-0.2, 0) is 20.1 Å². The molecule has 0 aliphatic rings. The minimum atomic E-state index is -1.35. The summed E-state index contributed by atoms with van der Waals surface area (Å²) < 4.78 is 10.9. The standard InChI is InChI=1S/C23H24NSSi.C15H18NSi.Ir/c1-15(2)16-11-12-24-21(13-16)19-8-6-7-18-20-14-17(26(3,4)5)9-10-22(20)25-23(18)19;1-12-10-14(13-8-6-5-7-9-13)16-11-15(12)17(2,3)4;/h6-7,9-15H,1-5H3;5-8,10-11H,1-4H3;/q2*-1;/i15D;;. The van der Waals surface area contributed by atoms with Gasteiger partial charge >= 0.3 is 0 Å². The first kappa shape index (κ1) is 32.7. The van der Waals surface area contributed by atoms with Crippen LogP contribution in [0.25, 0.3) is 42.7 Å². The van der Waals surface area contributed by atoms with E-state index in [-0.39, 0.29) is 20.1 Å². The van der Waals surface area contributed by atoms with Gasteiger partial charge in [0.25, 0.3) is 0 Å². The predicted octanol–water partition coefficient (Wildman–Crippen LogP) is 9.99. The Labute approximate surface area is 284 Å². The van der Waals surface area contributed by atoms with Crippen molar-refractivity contribution in [1.29, 1.82) is 0 Å². The molecule has 0 saturated carbocycles. The van der Waals surface area contributed by atoms with Crippen LogP contribution in [-0.4, -0.2) is 26.1 Å². The predicted molar refractivity (Wildman–Crippen MR) is 195 cm³/mol. The van der Waals surface area contributed by atoms with Crippen LogP contribution in [0.3, 0.4) is 0 Å². The second-order valence-corrected chi connectivity index (χ2v) is 24.7. The molecule has 0 bridgehead atoms. The fourth-order valence-electron chi connectivity index (χ4n) is 5.32. The maximum absolute atomic E-state index is 8.33. The Balaban J connectivity index is 0.000000222. The van der Waals surface area contributed by atoms with Crippen LogP contribution >= 0.6 is 11.3 Å². The number of benzene rings is 3. The molecule has 0 saturated heterocycles. The van der Waals surface area contributed by atoms with Crippen LogP contribution in [0, 0.1) is 19.1 Å². The fraction of sp³-hybridized carbons (Fsp3) is 0.263. The molecule has 44 heavy (non-hydrogen) atoms. The number of hydrogen-bond acceptors (Lipinski definition) is 3. The number of aryl methyl sites for hydroxylation is 1. The summed E-state index contributed by atoms with van der Waals surface area (Å²) in [6.07, 6.45) is 3.86. The van der Waals surface area contributed by atoms with Gasteiger partial charge in [-0.15, -0.1) is 59.7 Å². The smallest absolute Gasteiger partial charge is 0.0798 e. The third kappa shape index (κ3) is 7.55. The van der Waals surface area contributed by atoms with E-state index < -0.39 is 22.0 Å². The number of thiophene rings is 1. The zero-order valence-electron chi connectivity index (χ0n) is 28.2. The van der Waals surface area contributed by atoms with Gasteiger partial charge in [-0.25, -0.2) is 0 Å². The number of pyridine rings is 2. The molecule has 0 N–H and O–H groups in total. The molecule has 0 aliphatic heterocycles. The van der Waals surface area contributed by atoms with Crippen molar-refractivity contribution in [2.75, 3.05) is 0 Å². The molecule has 6 rings (SSSR count). The number of fused-ring (bicyclic) bond motifs is 3. The number of nitrogens with zero attached hydrogens (tertiary/aromatic N) is 2. The molecule has 3 aromatic carbocycles. The van der Waals surface area contributed by atoms with E-state index in [1.807, 2.05) is 67.8 Å². The summed E-state index contributed by atoms with van der Waals surface area (Å²) in [5.74, 6) is -0.641. The van der Waals surface area contributed by atoms with E-state index in [2.05, 4.69) is 111 Å². The largest absolute Gasteiger partial charge is 0.305 e. The molecule has 0 atom stereocenters. The van der Waals surface area contributed by atoms with E-state index >= 15 is 0 Å². The van der Waals surface area contributed by atoms with Crippen molar-refractivity contribution >= 4 is 58.0 Å². The first-order chi connectivity index (χ1) is 20.6. The van der Waals surface area contributed by atoms with E-state index in [4.69, 9.17) is 1.37 Å². The molecule has 0 spiro atoms. The van der Waals surface area contributed by atoms with Crippen LogP contribution < -0.4 is 10.4 Å². The normalized spacial score (nSPS) is 12.3. The SMILES string of the molecule is Cc1cc(-c2[c-]cccc2)ncc1[Si](C)(C)C.[2H]C(C)(C)c1ccnc(-c2[c-]ccc3c2sc2ccc([Si](C)(C)C)cc23)c1.[Ir]. The fourth-order valence-corrected chi connectivity index (χ4v) is 9.37. The van der Waals surface area contributed by atoms with Gasteiger partial charge in [0.15, 0.2) is 0 Å². The second-order valence-electron chi connectivity index (χ2n) is 13.5. The van der Waals surface area contributed by atoms with Crippen LogP contribution in [0.15, 0.2) is 85.2 Å². The number of rotatable bonds is 5. The van der Waals surface area contributed by atoms with Crippen molar-refractivity contribution in [3.05, 3.63) is 108 Å². The van der Waals surface area contributed by atoms with Gasteiger partial charge in [-0.05, 0) is 51.6 Å². The summed E-state index contributed by atoms with van der Waals surface area (Å²) in [6.45, 7) is 20.2. The molecule has 6 aromatic rings. The summed E-state index contributed by atoms with van der Waals surface area (Å²) in [6, 6.07) is 31.9. The first-order valence-electron chi connectivity index (χ1n) is 15.4. The molecule has 2 nitrogen and oxygen atoms in total. The third-order valence-electron chi connectivity index (χ3n) is 7.79. The minimum absolute atomic E-state index is 0. The van der Waals surface area contributed by atoms with Gasteiger partial charge in [-0.3, -0.25) is 0 Å². The summed E-state index contributed by atoms with van der Waals surface area (Å²) in [5.41, 5.74) is 6.35. The van der Waals surface area contributed by atoms with Crippen LogP contribution in [0.4, 0.5) is 0 Å². The third-order valence-corrected chi connectivity index (χ3v) is 13.2. The number of hydrogen-bond donors (Lipinski definition) is 0. The zero-order chi connectivity index (χ0) is 31.9. The molecular formula is C38H42IrN2SSi2-2. The van der Waals surface area contributed by atoms with Crippen molar-refractivity contribution in [2.24, 2.45) is 0 Å². The monoisotopic (exact) mass is 808 g/mol. The Hall–Kier alpha value is -2.74. The second kappa shape index (κ2) is 13.7. The van der Waals surface area contributed by atoms with Gasteiger partial charge in [-0.2, -0.15) is 11.3 Å². The van der Waals surface area contributed by atoms with E-state index in [0.29, 0.717) is 0 Å². The van der Waals surface area contributed by atoms with Gasteiger partial charge in [-0.1, -0.05) is 99.1 Å². The quantitative estimate of drug-likeness (QED) is 0.128. The van der Waals surface area contributed by atoms with Crippen LogP contribution in [0.5, 0.6) is 0 Å². The average Bonchev–Trinajstić information content (AvgIpc) is 3.35. The van der Waals surface area contributed by atoms with Gasteiger partial charge < -0.3 is 9.97 Å². The Bertz CT molecular complexity index is 1930. The summed E-state index contributed by atoms with van der Waals surface area (Å²) in [4.78, 5) is 9.18. The maximum atomic E-state index is 8.33. The Morgan fingerprint density at radius 1 is 0.795 bits per heavy atom. The molecule has 3 aromatic heterocycles. The molecule has 0 amide bonds. The van der Waals surface area contributed by atoms with Gasteiger partial charge in [0, 0.05) is 38.6 Å². The Kier molecular flexibility index (Phi) is 10.2. The van der Waals surface area contributed by atoms with Crippen LogP contribution in [0.2, 0.25) is 39.3 Å². The van der Waals surface area contributed by atoms with E-state index in [1.165, 1.54) is 36.1 Å². The maximum Gasteiger partial charge on any atom is 0.0798 e. The van der Waals surface area contributed by atoms with Gasteiger partial charge in [0.1, 0.15) is 0 Å². The average molecular weight is 808 g/mol. The summed E-state index contributed by atoms with van der Waals surface area (Å²) >= 11 is 1.81. The first-order valence-corrected chi connectivity index (χ1v) is 22.7. The molecule has 3 heterocycles. The molecule has 0 fully saturated rings. The molecule has 229 valence electrons. The van der Waals surface area contributed by atoms with Crippen molar-refractivity contribution in [3.63, 3.8) is 0 Å². The Morgan fingerprint density at radius 2 is 1.57 bits per heavy atom. The van der Waals surface area contributed by atoms with E-state index in [1.54, 1.807) is 0 Å². The van der Waals surface area contributed by atoms with Gasteiger partial charge in [0.05, 0.1) is 16.1 Å². The Morgan fingerprint density at radius 3 is 2.20 bits per heavy atom. The van der Waals surface area contributed by atoms with E-state index in [9.17, 15) is 0 Å².